The standard InChI is InChI=1S/C15H14ClN3O3/c16-12-7-6-11(17)14(19-12)15(21)22-9-13(20)18-8-10-4-2-1-3-5-10/h1-7H,8-9,17H2,(H,18,20). The number of anilines is 1. The van der Waals surface area contributed by atoms with Gasteiger partial charge in [0.2, 0.25) is 0 Å². The zero-order chi connectivity index (χ0) is 15.9. The predicted molar refractivity (Wildman–Crippen MR) is 82.2 cm³/mol. The fourth-order valence-electron chi connectivity index (χ4n) is 1.66. The number of ether oxygens (including phenoxy) is 1. The van der Waals surface area contributed by atoms with E-state index in [1.54, 1.807) is 0 Å². The summed E-state index contributed by atoms with van der Waals surface area (Å²) in [5.41, 5.74) is 6.59. The van der Waals surface area contributed by atoms with Gasteiger partial charge < -0.3 is 15.8 Å². The van der Waals surface area contributed by atoms with Gasteiger partial charge in [0.05, 0.1) is 5.69 Å². The first-order valence-electron chi connectivity index (χ1n) is 6.46. The Morgan fingerprint density at radius 1 is 1.18 bits per heavy atom. The Kier molecular flexibility index (Phi) is 5.32. The van der Waals surface area contributed by atoms with Crippen LogP contribution in [0.1, 0.15) is 16.1 Å². The summed E-state index contributed by atoms with van der Waals surface area (Å²) in [4.78, 5) is 27.2. The van der Waals surface area contributed by atoms with Gasteiger partial charge in [-0.1, -0.05) is 41.9 Å². The first-order valence-corrected chi connectivity index (χ1v) is 6.84. The molecule has 0 bridgehead atoms. The maximum Gasteiger partial charge on any atom is 0.359 e. The molecule has 1 amide bonds. The van der Waals surface area contributed by atoms with Gasteiger partial charge in [0.25, 0.3) is 5.91 Å². The summed E-state index contributed by atoms with van der Waals surface area (Å²) in [6.07, 6.45) is 0. The highest BCUT2D eigenvalue weighted by Gasteiger charge is 2.15. The van der Waals surface area contributed by atoms with E-state index in [1.807, 2.05) is 30.3 Å². The highest BCUT2D eigenvalue weighted by atomic mass is 35.5. The molecule has 0 aliphatic carbocycles. The second kappa shape index (κ2) is 7.42. The highest BCUT2D eigenvalue weighted by molar-refractivity contribution is 6.29. The lowest BCUT2D eigenvalue weighted by Gasteiger charge is -2.07. The second-order valence-electron chi connectivity index (χ2n) is 4.41. The van der Waals surface area contributed by atoms with Gasteiger partial charge in [-0.15, -0.1) is 0 Å². The molecule has 1 aromatic heterocycles. The van der Waals surface area contributed by atoms with Gasteiger partial charge in [-0.2, -0.15) is 0 Å². The number of aromatic nitrogens is 1. The van der Waals surface area contributed by atoms with Crippen LogP contribution in [0, 0.1) is 0 Å². The largest absolute Gasteiger partial charge is 0.451 e. The van der Waals surface area contributed by atoms with Crippen LogP contribution in [0.25, 0.3) is 0 Å². The van der Waals surface area contributed by atoms with E-state index < -0.39 is 18.5 Å². The lowest BCUT2D eigenvalue weighted by molar-refractivity contribution is -0.124. The molecule has 0 saturated carbocycles. The zero-order valence-electron chi connectivity index (χ0n) is 11.6. The smallest absolute Gasteiger partial charge is 0.359 e. The lowest BCUT2D eigenvalue weighted by atomic mass is 10.2. The van der Waals surface area contributed by atoms with E-state index in [0.717, 1.165) is 5.56 Å². The van der Waals surface area contributed by atoms with E-state index in [2.05, 4.69) is 10.3 Å². The summed E-state index contributed by atoms with van der Waals surface area (Å²) in [5.74, 6) is -1.22. The number of nitrogens with two attached hydrogens (primary N) is 1. The third-order valence-electron chi connectivity index (χ3n) is 2.75. The molecule has 2 aromatic rings. The first-order chi connectivity index (χ1) is 10.6. The Morgan fingerprint density at radius 3 is 2.64 bits per heavy atom. The Morgan fingerprint density at radius 2 is 1.91 bits per heavy atom. The van der Waals surface area contributed by atoms with Gasteiger partial charge in [-0.3, -0.25) is 4.79 Å². The number of carbonyl (C=O) groups is 2. The van der Waals surface area contributed by atoms with E-state index >= 15 is 0 Å². The molecule has 1 aromatic carbocycles. The number of hydrogen-bond acceptors (Lipinski definition) is 5. The Bertz CT molecular complexity index is 677. The summed E-state index contributed by atoms with van der Waals surface area (Å²) in [5, 5.41) is 2.76. The van der Waals surface area contributed by atoms with Crippen LogP contribution in [0.15, 0.2) is 42.5 Å². The molecule has 0 aliphatic heterocycles. The third-order valence-corrected chi connectivity index (χ3v) is 2.96. The van der Waals surface area contributed by atoms with Crippen molar-refractivity contribution in [3.63, 3.8) is 0 Å². The second-order valence-corrected chi connectivity index (χ2v) is 4.80. The molecular formula is C15H14ClN3O3. The van der Waals surface area contributed by atoms with Gasteiger partial charge in [-0.05, 0) is 17.7 Å². The SMILES string of the molecule is Nc1ccc(Cl)nc1C(=O)OCC(=O)NCc1ccccc1. The summed E-state index contributed by atoms with van der Waals surface area (Å²) in [7, 11) is 0. The third kappa shape index (κ3) is 4.46. The molecule has 7 heteroatoms. The number of rotatable bonds is 5. The summed E-state index contributed by atoms with van der Waals surface area (Å²) in [6, 6.07) is 12.3. The van der Waals surface area contributed by atoms with Crippen LogP contribution in [0.4, 0.5) is 5.69 Å². The number of esters is 1. The molecule has 0 atom stereocenters. The van der Waals surface area contributed by atoms with Crippen molar-refractivity contribution in [2.75, 3.05) is 12.3 Å². The molecule has 114 valence electrons. The van der Waals surface area contributed by atoms with Crippen molar-refractivity contribution in [3.8, 4) is 0 Å². The number of amides is 1. The van der Waals surface area contributed by atoms with E-state index in [9.17, 15) is 9.59 Å². The molecule has 0 saturated heterocycles. The number of pyridine rings is 1. The minimum Gasteiger partial charge on any atom is -0.451 e. The molecule has 3 N–H and O–H groups in total. The number of nitrogens with one attached hydrogen (secondary N) is 1. The fraction of sp³-hybridized carbons (Fsp3) is 0.133. The van der Waals surface area contributed by atoms with Gasteiger partial charge in [-0.25, -0.2) is 9.78 Å². The number of nitrogen functional groups attached to an aromatic ring is 1. The molecule has 22 heavy (non-hydrogen) atoms. The van der Waals surface area contributed by atoms with Crippen molar-refractivity contribution in [1.29, 1.82) is 0 Å². The first kappa shape index (κ1) is 15.8. The molecule has 0 fully saturated rings. The van der Waals surface area contributed by atoms with E-state index in [1.165, 1.54) is 12.1 Å². The van der Waals surface area contributed by atoms with Gasteiger partial charge >= 0.3 is 5.97 Å². The number of nitrogens with zero attached hydrogens (tertiary/aromatic N) is 1. The van der Waals surface area contributed by atoms with Crippen LogP contribution in [-0.4, -0.2) is 23.5 Å². The van der Waals surface area contributed by atoms with E-state index in [0.29, 0.717) is 6.54 Å². The summed E-state index contributed by atoms with van der Waals surface area (Å²) in [6.45, 7) is -0.0614. The van der Waals surface area contributed by atoms with E-state index in [4.69, 9.17) is 22.1 Å². The minimum absolute atomic E-state index is 0.108. The Labute approximate surface area is 132 Å². The van der Waals surface area contributed by atoms with Gasteiger partial charge in [0.1, 0.15) is 5.15 Å². The van der Waals surface area contributed by atoms with Gasteiger partial charge in [0.15, 0.2) is 12.3 Å². The average Bonchev–Trinajstić information content (AvgIpc) is 2.54. The Hall–Kier alpha value is -2.60. The predicted octanol–water partition coefficient (Wildman–Crippen LogP) is 1.79. The number of halogens is 1. The maximum absolute atomic E-state index is 11.8. The van der Waals surface area contributed by atoms with Gasteiger partial charge in [0, 0.05) is 6.54 Å². The monoisotopic (exact) mass is 319 g/mol. The molecule has 0 aliphatic rings. The maximum atomic E-state index is 11.8. The topological polar surface area (TPSA) is 94.3 Å². The van der Waals surface area contributed by atoms with Crippen molar-refractivity contribution in [2.45, 2.75) is 6.54 Å². The van der Waals surface area contributed by atoms with Crippen LogP contribution in [0.2, 0.25) is 5.15 Å². The summed E-state index contributed by atoms with van der Waals surface area (Å²) < 4.78 is 4.86. The number of hydrogen-bond donors (Lipinski definition) is 2. The quantitative estimate of drug-likeness (QED) is 0.647. The molecule has 6 nitrogen and oxygen atoms in total. The normalized spacial score (nSPS) is 10.0. The van der Waals surface area contributed by atoms with Crippen molar-refractivity contribution < 1.29 is 14.3 Å². The van der Waals surface area contributed by atoms with Crippen molar-refractivity contribution in [2.24, 2.45) is 0 Å². The number of benzene rings is 1. The van der Waals surface area contributed by atoms with Crippen LogP contribution >= 0.6 is 11.6 Å². The molecule has 1 heterocycles. The lowest BCUT2D eigenvalue weighted by Crippen LogP contribution is -2.28. The molecule has 0 radical (unpaired) electrons. The number of carbonyl (C=O) groups excluding carboxylic acids is 2. The van der Waals surface area contributed by atoms with Crippen LogP contribution in [0.3, 0.4) is 0 Å². The minimum atomic E-state index is -0.796. The van der Waals surface area contributed by atoms with Crippen LogP contribution in [0.5, 0.6) is 0 Å². The average molecular weight is 320 g/mol. The zero-order valence-corrected chi connectivity index (χ0v) is 12.3. The summed E-state index contributed by atoms with van der Waals surface area (Å²) >= 11 is 5.69. The van der Waals surface area contributed by atoms with E-state index in [-0.39, 0.29) is 16.5 Å². The van der Waals surface area contributed by atoms with Crippen molar-refractivity contribution in [1.82, 2.24) is 10.3 Å². The Balaban J connectivity index is 1.83. The molecule has 2 rings (SSSR count). The van der Waals surface area contributed by atoms with Crippen molar-refractivity contribution >= 4 is 29.2 Å². The molecular weight excluding hydrogens is 306 g/mol. The van der Waals surface area contributed by atoms with Crippen molar-refractivity contribution in [3.05, 3.63) is 58.9 Å². The molecule has 0 spiro atoms. The molecule has 0 unspecified atom stereocenters. The van der Waals surface area contributed by atoms with Crippen LogP contribution < -0.4 is 11.1 Å². The fourth-order valence-corrected chi connectivity index (χ4v) is 1.80. The highest BCUT2D eigenvalue weighted by Crippen LogP contribution is 2.14. The van der Waals surface area contributed by atoms with Crippen LogP contribution in [-0.2, 0) is 16.1 Å².